The number of aromatic hydroxyl groups is 1. The zero-order chi connectivity index (χ0) is 15.4. The summed E-state index contributed by atoms with van der Waals surface area (Å²) in [6.45, 7) is 13.3. The van der Waals surface area contributed by atoms with E-state index < -0.39 is 0 Å². The molecule has 0 unspecified atom stereocenters. The molecule has 1 N–H and O–H groups in total. The van der Waals surface area contributed by atoms with E-state index in [4.69, 9.17) is 0 Å². The van der Waals surface area contributed by atoms with Crippen molar-refractivity contribution in [3.05, 3.63) is 35.4 Å². The lowest BCUT2D eigenvalue weighted by Gasteiger charge is -2.54. The lowest BCUT2D eigenvalue weighted by molar-refractivity contribution is 0.0406. The lowest BCUT2D eigenvalue weighted by Crippen LogP contribution is -2.47. The highest BCUT2D eigenvalue weighted by Crippen LogP contribution is 2.57. The van der Waals surface area contributed by atoms with Gasteiger partial charge in [0.1, 0.15) is 5.75 Å². The van der Waals surface area contributed by atoms with Crippen molar-refractivity contribution < 1.29 is 5.11 Å². The molecule has 1 aromatic carbocycles. The third kappa shape index (κ3) is 2.13. The Morgan fingerprint density at radius 2 is 1.95 bits per heavy atom. The fraction of sp³-hybridized carbons (Fsp3) is 0.600. The molecular weight excluding hydrogens is 256 g/mol. The molecule has 0 amide bonds. The average Bonchev–Trinajstić information content (AvgIpc) is 2.37. The largest absolute Gasteiger partial charge is 0.507 e. The molecule has 0 aromatic heterocycles. The lowest BCUT2D eigenvalue weighted by atomic mass is 9.50. The summed E-state index contributed by atoms with van der Waals surface area (Å²) in [5.74, 6) is 1.13. The highest BCUT2D eigenvalue weighted by atomic mass is 16.3. The van der Waals surface area contributed by atoms with Crippen LogP contribution in [-0.2, 0) is 11.8 Å². The van der Waals surface area contributed by atoms with Gasteiger partial charge in [-0.25, -0.2) is 0 Å². The maximum absolute atomic E-state index is 10.4. The Hall–Kier alpha value is -1.24. The Bertz CT molecular complexity index is 596. The molecule has 1 heteroatoms. The van der Waals surface area contributed by atoms with E-state index in [2.05, 4.69) is 33.4 Å². The summed E-state index contributed by atoms with van der Waals surface area (Å²) in [4.78, 5) is 0. The third-order valence-electron chi connectivity index (χ3n) is 6.23. The van der Waals surface area contributed by atoms with Crippen LogP contribution in [0, 0.1) is 11.3 Å². The molecule has 3 rings (SSSR count). The highest BCUT2D eigenvalue weighted by molar-refractivity contribution is 5.69. The van der Waals surface area contributed by atoms with Crippen LogP contribution in [0.5, 0.6) is 5.75 Å². The van der Waals surface area contributed by atoms with Crippen molar-refractivity contribution in [3.63, 3.8) is 0 Å². The SMILES string of the molecule is C=C(C)c1cc2c(cc1O)[C@]1(C)CCCC(C)(C)[C@H]1CC2. The zero-order valence-electron chi connectivity index (χ0n) is 13.9. The van der Waals surface area contributed by atoms with E-state index in [0.29, 0.717) is 11.2 Å². The Kier molecular flexibility index (Phi) is 3.24. The first-order valence-corrected chi connectivity index (χ1v) is 8.28. The second-order valence-electron chi connectivity index (χ2n) is 8.16. The van der Waals surface area contributed by atoms with Crippen LogP contribution in [0.4, 0.5) is 0 Å². The molecule has 2 atom stereocenters. The summed E-state index contributed by atoms with van der Waals surface area (Å²) in [7, 11) is 0. The van der Waals surface area contributed by atoms with Gasteiger partial charge in [0.05, 0.1) is 0 Å². The molecule has 114 valence electrons. The number of rotatable bonds is 1. The maximum Gasteiger partial charge on any atom is 0.123 e. The summed E-state index contributed by atoms with van der Waals surface area (Å²) in [5.41, 5.74) is 5.34. The van der Waals surface area contributed by atoms with Gasteiger partial charge >= 0.3 is 0 Å². The summed E-state index contributed by atoms with van der Waals surface area (Å²) < 4.78 is 0. The number of hydrogen-bond acceptors (Lipinski definition) is 1. The van der Waals surface area contributed by atoms with Crippen LogP contribution in [-0.4, -0.2) is 5.11 Å². The van der Waals surface area contributed by atoms with Gasteiger partial charge in [-0.2, -0.15) is 0 Å². The molecular formula is C20H28O. The minimum Gasteiger partial charge on any atom is -0.507 e. The highest BCUT2D eigenvalue weighted by Gasteiger charge is 2.49. The molecule has 2 aliphatic carbocycles. The van der Waals surface area contributed by atoms with E-state index in [1.54, 1.807) is 0 Å². The first-order chi connectivity index (χ1) is 9.75. The monoisotopic (exact) mass is 284 g/mol. The maximum atomic E-state index is 10.4. The molecule has 1 fully saturated rings. The van der Waals surface area contributed by atoms with Gasteiger partial charge in [-0.15, -0.1) is 0 Å². The van der Waals surface area contributed by atoms with E-state index in [-0.39, 0.29) is 5.41 Å². The van der Waals surface area contributed by atoms with Crippen LogP contribution >= 0.6 is 0 Å². The third-order valence-corrected chi connectivity index (χ3v) is 6.23. The van der Waals surface area contributed by atoms with E-state index >= 15 is 0 Å². The number of allylic oxidation sites excluding steroid dienone is 1. The van der Waals surface area contributed by atoms with Gasteiger partial charge in [0.25, 0.3) is 0 Å². The predicted molar refractivity (Wildman–Crippen MR) is 89.6 cm³/mol. The quantitative estimate of drug-likeness (QED) is 0.726. The molecule has 0 bridgehead atoms. The van der Waals surface area contributed by atoms with E-state index in [0.717, 1.165) is 23.5 Å². The Morgan fingerprint density at radius 1 is 1.24 bits per heavy atom. The van der Waals surface area contributed by atoms with Crippen LogP contribution in [0.15, 0.2) is 18.7 Å². The second-order valence-corrected chi connectivity index (χ2v) is 8.16. The molecule has 0 radical (unpaired) electrons. The molecule has 0 spiro atoms. The summed E-state index contributed by atoms with van der Waals surface area (Å²) in [6.07, 6.45) is 6.29. The van der Waals surface area contributed by atoms with Crippen molar-refractivity contribution in [1.82, 2.24) is 0 Å². The Labute approximate surface area is 129 Å². The number of phenols is 1. The van der Waals surface area contributed by atoms with Gasteiger partial charge in [0, 0.05) is 5.56 Å². The van der Waals surface area contributed by atoms with Gasteiger partial charge < -0.3 is 5.11 Å². The molecule has 2 aliphatic rings. The van der Waals surface area contributed by atoms with Crippen molar-refractivity contribution in [1.29, 1.82) is 0 Å². The van der Waals surface area contributed by atoms with E-state index in [1.807, 2.05) is 13.0 Å². The van der Waals surface area contributed by atoms with Gasteiger partial charge in [-0.3, -0.25) is 0 Å². The first kappa shape index (κ1) is 14.7. The van der Waals surface area contributed by atoms with Crippen LogP contribution in [0.3, 0.4) is 0 Å². The second kappa shape index (κ2) is 4.63. The molecule has 1 aromatic rings. The Morgan fingerprint density at radius 3 is 2.62 bits per heavy atom. The standard InChI is InChI=1S/C20H28O/c1-13(2)15-11-14-7-8-18-19(3,4)9-6-10-20(18,5)16(14)12-17(15)21/h11-12,18,21H,1,6-10H2,2-5H3/t18-,20+/m1/s1. The molecule has 1 saturated carbocycles. The molecule has 0 heterocycles. The normalized spacial score (nSPS) is 30.4. The minimum absolute atomic E-state index is 0.223. The predicted octanol–water partition coefficient (Wildman–Crippen LogP) is 5.46. The topological polar surface area (TPSA) is 20.2 Å². The fourth-order valence-electron chi connectivity index (χ4n) is 5.17. The number of fused-ring (bicyclic) bond motifs is 3. The van der Waals surface area contributed by atoms with Crippen molar-refractivity contribution in [3.8, 4) is 5.75 Å². The van der Waals surface area contributed by atoms with E-state index in [1.165, 1.54) is 36.8 Å². The molecule has 1 nitrogen and oxygen atoms in total. The summed E-state index contributed by atoms with van der Waals surface area (Å²) >= 11 is 0. The minimum atomic E-state index is 0.223. The number of aryl methyl sites for hydroxylation is 1. The number of benzene rings is 1. The molecule has 21 heavy (non-hydrogen) atoms. The number of hydrogen-bond donors (Lipinski definition) is 1. The van der Waals surface area contributed by atoms with Crippen molar-refractivity contribution >= 4 is 5.57 Å². The first-order valence-electron chi connectivity index (χ1n) is 8.28. The smallest absolute Gasteiger partial charge is 0.123 e. The van der Waals surface area contributed by atoms with Crippen molar-refractivity contribution in [2.24, 2.45) is 11.3 Å². The van der Waals surface area contributed by atoms with Crippen molar-refractivity contribution in [2.45, 2.75) is 65.2 Å². The van der Waals surface area contributed by atoms with Gasteiger partial charge in [-0.1, -0.05) is 33.8 Å². The molecule has 0 saturated heterocycles. The van der Waals surface area contributed by atoms with Gasteiger partial charge in [-0.05, 0) is 78.2 Å². The van der Waals surface area contributed by atoms with Crippen LogP contribution in [0.2, 0.25) is 0 Å². The summed E-state index contributed by atoms with van der Waals surface area (Å²) in [5, 5.41) is 10.4. The summed E-state index contributed by atoms with van der Waals surface area (Å²) in [6, 6.07) is 4.24. The van der Waals surface area contributed by atoms with Gasteiger partial charge in [0.2, 0.25) is 0 Å². The van der Waals surface area contributed by atoms with E-state index in [9.17, 15) is 5.11 Å². The fourth-order valence-corrected chi connectivity index (χ4v) is 5.17. The van der Waals surface area contributed by atoms with Crippen LogP contribution in [0.1, 0.15) is 70.1 Å². The number of phenolic OH excluding ortho intramolecular Hbond substituents is 1. The van der Waals surface area contributed by atoms with Crippen molar-refractivity contribution in [2.75, 3.05) is 0 Å². The van der Waals surface area contributed by atoms with Gasteiger partial charge in [0.15, 0.2) is 0 Å². The average molecular weight is 284 g/mol. The Balaban J connectivity index is 2.14. The molecule has 0 aliphatic heterocycles. The van der Waals surface area contributed by atoms with Crippen LogP contribution in [0.25, 0.3) is 5.57 Å². The van der Waals surface area contributed by atoms with Crippen LogP contribution < -0.4 is 0 Å². The zero-order valence-corrected chi connectivity index (χ0v) is 13.9.